The molecule has 0 aliphatic carbocycles. The molecular weight excluding hydrogens is 836 g/mol. The Hall–Kier alpha value is -5.65. The molecule has 0 aliphatic rings. The first-order valence-electron chi connectivity index (χ1n) is 17.7. The van der Waals surface area contributed by atoms with Crippen LogP contribution in [0.5, 0.6) is 11.5 Å². The van der Waals surface area contributed by atoms with Gasteiger partial charge in [0.1, 0.15) is 0 Å². The van der Waals surface area contributed by atoms with Crippen LogP contribution in [0.3, 0.4) is 0 Å². The molecule has 7 nitrogen and oxygen atoms in total. The monoisotopic (exact) mass is 871 g/mol. The maximum atomic E-state index is 6.60. The molecule has 5 aromatic carbocycles. The van der Waals surface area contributed by atoms with Gasteiger partial charge < -0.3 is 9.13 Å². The van der Waals surface area contributed by atoms with Crippen LogP contribution < -0.4 is 4.74 Å². The van der Waals surface area contributed by atoms with E-state index in [1.165, 1.54) is 49.0 Å². The standard InChI is InChI=1S/C45H36N6O.Pt/c1-45(2,3)28-20-21-46-38(24-28)51-37-26-31(52-30-13-11-12-29(25-30)50-23-22-47(4)27-50)18-19-34(37)40-39-32-14-7-9-16-35(32)48(5)42(39)41-33-15-8-10-17-36(33)49(6)43(41)44(40)51;/h7-24H,1-6H3;/q-2;. The van der Waals surface area contributed by atoms with Crippen LogP contribution in [0.1, 0.15) is 26.3 Å². The van der Waals surface area contributed by atoms with Gasteiger partial charge in [-0.2, -0.15) is 0 Å². The SMILES string of the molecule is Cn1ccn(-c2[c-]c(Oc3[c-]c4c(cc3)c3c5c6ccccc6n(C)c5c5c6ccccc6n(C)c5c3n4-c3cc(C(C)(C)C)ccn3)ccc2)[c]1=[Pt]. The number of ether oxygens (including phenoxy) is 1. The molecule has 0 aliphatic heterocycles. The quantitative estimate of drug-likeness (QED) is 0.165. The molecule has 10 rings (SSSR count). The summed E-state index contributed by atoms with van der Waals surface area (Å²) in [6, 6.07) is 39.3. The molecule has 53 heavy (non-hydrogen) atoms. The van der Waals surface area contributed by atoms with Crippen molar-refractivity contribution < 1.29 is 24.1 Å². The van der Waals surface area contributed by atoms with Gasteiger partial charge in [-0.15, -0.1) is 0 Å². The summed E-state index contributed by atoms with van der Waals surface area (Å²) in [5.74, 6) is 2.08. The average molecular weight is 872 g/mol. The van der Waals surface area contributed by atoms with Gasteiger partial charge in [-0.25, -0.2) is 0 Å². The van der Waals surface area contributed by atoms with E-state index in [1.807, 2.05) is 49.9 Å². The number of benzene rings is 5. The number of pyridine rings is 1. The Balaban J connectivity index is 1.34. The molecule has 0 saturated heterocycles. The van der Waals surface area contributed by atoms with Gasteiger partial charge in [0.05, 0.1) is 5.52 Å². The zero-order valence-corrected chi connectivity index (χ0v) is 32.6. The van der Waals surface area contributed by atoms with E-state index in [2.05, 4.69) is 156 Å². The molecule has 0 amide bonds. The molecule has 0 atom stereocenters. The number of para-hydroxylation sites is 2. The maximum absolute atomic E-state index is 6.60. The molecule has 5 heterocycles. The Labute approximate surface area is 317 Å². The molecule has 8 heteroatoms. The van der Waals surface area contributed by atoms with Crippen molar-refractivity contribution in [3.05, 3.63) is 131 Å². The van der Waals surface area contributed by atoms with E-state index in [9.17, 15) is 0 Å². The molecule has 0 radical (unpaired) electrons. The van der Waals surface area contributed by atoms with Crippen molar-refractivity contribution in [3.63, 3.8) is 0 Å². The van der Waals surface area contributed by atoms with Crippen LogP contribution >= 0.6 is 0 Å². The van der Waals surface area contributed by atoms with Gasteiger partial charge in [0, 0.05) is 47.5 Å². The molecular formula is C45H36N6OPt-2. The van der Waals surface area contributed by atoms with Crippen molar-refractivity contribution in [1.29, 1.82) is 0 Å². The van der Waals surface area contributed by atoms with Crippen molar-refractivity contribution >= 4 is 65.4 Å². The first kappa shape index (κ1) is 32.0. The number of nitrogens with zero attached hydrogens (tertiary/aromatic N) is 6. The molecule has 264 valence electrons. The predicted octanol–water partition coefficient (Wildman–Crippen LogP) is 10.4. The van der Waals surface area contributed by atoms with Crippen LogP contribution in [0.15, 0.2) is 110 Å². The van der Waals surface area contributed by atoms with Crippen LogP contribution in [0.25, 0.3) is 76.9 Å². The van der Waals surface area contributed by atoms with Gasteiger partial charge in [-0.1, -0.05) is 57.2 Å². The molecule has 0 bridgehead atoms. The Morgan fingerprint density at radius 3 is 2.06 bits per heavy atom. The van der Waals surface area contributed by atoms with E-state index in [4.69, 9.17) is 9.72 Å². The van der Waals surface area contributed by atoms with Crippen molar-refractivity contribution in [2.45, 2.75) is 26.2 Å². The fourth-order valence-electron chi connectivity index (χ4n) is 8.19. The van der Waals surface area contributed by atoms with Crippen molar-refractivity contribution in [1.82, 2.24) is 27.8 Å². The fraction of sp³-hybridized carbons (Fsp3) is 0.156. The van der Waals surface area contributed by atoms with Crippen molar-refractivity contribution in [2.75, 3.05) is 0 Å². The van der Waals surface area contributed by atoms with Crippen LogP contribution in [0.2, 0.25) is 0 Å². The summed E-state index contributed by atoms with van der Waals surface area (Å²) in [6.45, 7) is 6.74. The zero-order valence-electron chi connectivity index (χ0n) is 30.3. The minimum atomic E-state index is -0.0677. The number of aromatic nitrogens is 6. The van der Waals surface area contributed by atoms with Crippen LogP contribution in [0.4, 0.5) is 0 Å². The second kappa shape index (κ2) is 11.4. The molecule has 0 unspecified atom stereocenters. The van der Waals surface area contributed by atoms with E-state index in [1.54, 1.807) is 0 Å². The number of rotatable bonds is 4. The first-order valence-corrected chi connectivity index (χ1v) is 18.9. The molecule has 0 N–H and O–H groups in total. The second-order valence-corrected chi connectivity index (χ2v) is 15.9. The summed E-state index contributed by atoms with van der Waals surface area (Å²) in [7, 11) is 6.42. The summed E-state index contributed by atoms with van der Waals surface area (Å²) in [5, 5.41) is 7.19. The van der Waals surface area contributed by atoms with Gasteiger partial charge in [0.2, 0.25) is 0 Å². The van der Waals surface area contributed by atoms with Gasteiger partial charge in [0.25, 0.3) is 0 Å². The fourth-order valence-corrected chi connectivity index (χ4v) is 8.81. The average Bonchev–Trinajstić information content (AvgIpc) is 3.86. The topological polar surface area (TPSA) is 46.8 Å². The van der Waals surface area contributed by atoms with E-state index >= 15 is 0 Å². The number of hydrogen-bond acceptors (Lipinski definition) is 2. The number of hydrogen-bond donors (Lipinski definition) is 0. The predicted molar refractivity (Wildman–Crippen MR) is 211 cm³/mol. The van der Waals surface area contributed by atoms with Gasteiger partial charge in [0.15, 0.2) is 0 Å². The number of fused-ring (bicyclic) bond motifs is 12. The third-order valence-corrected chi connectivity index (χ3v) is 12.1. The summed E-state index contributed by atoms with van der Waals surface area (Å²) in [6.07, 6.45) is 6.01. The molecule has 0 spiro atoms. The number of aryl methyl sites for hydroxylation is 3. The van der Waals surface area contributed by atoms with Crippen molar-refractivity contribution in [3.8, 4) is 23.0 Å². The van der Waals surface area contributed by atoms with Gasteiger partial charge >= 0.3 is 170 Å². The van der Waals surface area contributed by atoms with Crippen LogP contribution in [-0.4, -0.2) is 27.8 Å². The molecule has 5 aromatic heterocycles. The summed E-state index contributed by atoms with van der Waals surface area (Å²) in [5.41, 5.74) is 8.83. The Kier molecular flexibility index (Phi) is 6.90. The zero-order chi connectivity index (χ0) is 36.3. The number of imidazole rings is 1. The Morgan fingerprint density at radius 2 is 1.34 bits per heavy atom. The van der Waals surface area contributed by atoms with E-state index < -0.39 is 0 Å². The Bertz CT molecular complexity index is 3200. The summed E-state index contributed by atoms with van der Waals surface area (Å²) < 4.78 is 18.9. The third-order valence-electron chi connectivity index (χ3n) is 10.7. The minimum absolute atomic E-state index is 0.0677. The van der Waals surface area contributed by atoms with Gasteiger partial charge in [-0.3, -0.25) is 0 Å². The van der Waals surface area contributed by atoms with E-state index in [0.29, 0.717) is 11.5 Å². The van der Waals surface area contributed by atoms with E-state index in [-0.39, 0.29) is 5.41 Å². The Morgan fingerprint density at radius 1 is 0.660 bits per heavy atom. The molecule has 0 saturated carbocycles. The van der Waals surface area contributed by atoms with Gasteiger partial charge in [-0.05, 0) is 29.2 Å². The normalized spacial score (nSPS) is 12.5. The first-order chi connectivity index (χ1) is 25.6. The third kappa shape index (κ3) is 4.63. The summed E-state index contributed by atoms with van der Waals surface area (Å²) in [4.78, 5) is 5.08. The molecule has 0 fully saturated rings. The van der Waals surface area contributed by atoms with Crippen molar-refractivity contribution in [2.24, 2.45) is 21.1 Å². The molecule has 10 aromatic rings. The summed E-state index contributed by atoms with van der Waals surface area (Å²) >= 11 is 2.32. The van der Waals surface area contributed by atoms with E-state index in [0.717, 1.165) is 37.2 Å². The second-order valence-electron chi connectivity index (χ2n) is 14.9. The van der Waals surface area contributed by atoms with Crippen LogP contribution in [0, 0.1) is 15.9 Å². The van der Waals surface area contributed by atoms with Crippen LogP contribution in [-0.2, 0) is 45.9 Å².